The van der Waals surface area contributed by atoms with Gasteiger partial charge in [-0.05, 0) is 24.5 Å². The van der Waals surface area contributed by atoms with Crippen molar-refractivity contribution in [2.75, 3.05) is 0 Å². The lowest BCUT2D eigenvalue weighted by Crippen LogP contribution is -2.27. The molecule has 0 spiro atoms. The fraction of sp³-hybridized carbons (Fsp3) is 0.308. The molecule has 0 saturated carbocycles. The minimum atomic E-state index is -0.944. The molecule has 0 aliphatic rings. The van der Waals surface area contributed by atoms with Gasteiger partial charge in [0.2, 0.25) is 0 Å². The first kappa shape index (κ1) is 12.5. The van der Waals surface area contributed by atoms with Gasteiger partial charge in [-0.25, -0.2) is 0 Å². The normalized spacial score (nSPS) is 14.1. The van der Waals surface area contributed by atoms with E-state index in [1.165, 1.54) is 6.08 Å². The van der Waals surface area contributed by atoms with Gasteiger partial charge >= 0.3 is 5.97 Å². The number of aliphatic carboxylic acids is 1. The van der Waals surface area contributed by atoms with Crippen LogP contribution < -0.4 is 0 Å². The van der Waals surface area contributed by atoms with Crippen molar-refractivity contribution in [1.82, 2.24) is 0 Å². The molecule has 0 fully saturated rings. The van der Waals surface area contributed by atoms with Crippen LogP contribution in [0.25, 0.3) is 0 Å². The van der Waals surface area contributed by atoms with Gasteiger partial charge in [0.05, 0.1) is 12.0 Å². The smallest absolute Gasteiger partial charge is 0.313 e. The third-order valence-corrected chi connectivity index (χ3v) is 2.72. The van der Waals surface area contributed by atoms with Gasteiger partial charge in [0.15, 0.2) is 0 Å². The van der Waals surface area contributed by atoms with E-state index < -0.39 is 11.4 Å². The lowest BCUT2D eigenvalue weighted by molar-refractivity contribution is -0.145. The van der Waals surface area contributed by atoms with Crippen molar-refractivity contribution >= 4 is 5.97 Å². The van der Waals surface area contributed by atoms with E-state index in [4.69, 9.17) is 10.2 Å². The van der Waals surface area contributed by atoms with Crippen molar-refractivity contribution in [3.8, 4) is 0 Å². The zero-order valence-electron chi connectivity index (χ0n) is 9.31. The molecular weight excluding hydrogens is 204 g/mol. The quantitative estimate of drug-likeness (QED) is 0.746. The molecule has 0 aromatic heterocycles. The van der Waals surface area contributed by atoms with Crippen molar-refractivity contribution in [1.29, 1.82) is 0 Å². The summed E-state index contributed by atoms with van der Waals surface area (Å²) in [5, 5.41) is 18.0. The maximum Gasteiger partial charge on any atom is 0.313 e. The van der Waals surface area contributed by atoms with Crippen LogP contribution in [0.4, 0.5) is 0 Å². The molecule has 1 unspecified atom stereocenters. The van der Waals surface area contributed by atoms with Gasteiger partial charge in [0, 0.05) is 0 Å². The molecule has 0 aliphatic heterocycles. The summed E-state index contributed by atoms with van der Waals surface area (Å²) in [7, 11) is 0. The van der Waals surface area contributed by atoms with Gasteiger partial charge in [-0.15, -0.1) is 6.58 Å². The molecule has 0 radical (unpaired) electrons. The predicted octanol–water partition coefficient (Wildman–Crippen LogP) is 2.00. The maximum absolute atomic E-state index is 11.1. The number of carboxylic acids is 1. The second-order valence-electron chi connectivity index (χ2n) is 4.08. The molecule has 0 saturated heterocycles. The zero-order valence-corrected chi connectivity index (χ0v) is 9.31. The molecule has 1 rings (SSSR count). The topological polar surface area (TPSA) is 57.5 Å². The molecular formula is C13H16O3. The number of benzene rings is 1. The van der Waals surface area contributed by atoms with Crippen LogP contribution in [0, 0.1) is 5.41 Å². The van der Waals surface area contributed by atoms with Crippen LogP contribution in [0.15, 0.2) is 36.9 Å². The van der Waals surface area contributed by atoms with Crippen LogP contribution in [0.3, 0.4) is 0 Å². The summed E-state index contributed by atoms with van der Waals surface area (Å²) < 4.78 is 0. The highest BCUT2D eigenvalue weighted by atomic mass is 16.4. The van der Waals surface area contributed by atoms with E-state index >= 15 is 0 Å². The number of carbonyl (C=O) groups is 1. The first-order valence-corrected chi connectivity index (χ1v) is 5.07. The van der Waals surface area contributed by atoms with Gasteiger partial charge < -0.3 is 10.2 Å². The first-order chi connectivity index (χ1) is 7.51. The Morgan fingerprint density at radius 3 is 2.25 bits per heavy atom. The summed E-state index contributed by atoms with van der Waals surface area (Å²) in [5.41, 5.74) is 0.794. The van der Waals surface area contributed by atoms with Crippen molar-refractivity contribution < 1.29 is 15.0 Å². The Bertz CT molecular complexity index is 381. The molecule has 1 aromatic rings. The maximum atomic E-state index is 11.1. The van der Waals surface area contributed by atoms with Crippen LogP contribution in [-0.2, 0) is 17.8 Å². The SMILES string of the molecule is C=CC(C)(Cc1ccc(CO)cc1)C(=O)O. The van der Waals surface area contributed by atoms with E-state index in [0.717, 1.165) is 11.1 Å². The van der Waals surface area contributed by atoms with Gasteiger partial charge in [-0.3, -0.25) is 4.79 Å². The Labute approximate surface area is 95.0 Å². The predicted molar refractivity (Wildman–Crippen MR) is 62.0 cm³/mol. The molecule has 16 heavy (non-hydrogen) atoms. The third kappa shape index (κ3) is 2.70. The van der Waals surface area contributed by atoms with Gasteiger partial charge in [0.1, 0.15) is 0 Å². The van der Waals surface area contributed by atoms with Crippen molar-refractivity contribution in [2.24, 2.45) is 5.41 Å². The number of hydrogen-bond donors (Lipinski definition) is 2. The molecule has 3 heteroatoms. The first-order valence-electron chi connectivity index (χ1n) is 5.07. The summed E-state index contributed by atoms with van der Waals surface area (Å²) in [6.45, 7) is 5.20. The van der Waals surface area contributed by atoms with E-state index in [1.807, 2.05) is 12.1 Å². The van der Waals surface area contributed by atoms with Gasteiger partial charge in [-0.1, -0.05) is 30.3 Å². The molecule has 86 valence electrons. The summed E-state index contributed by atoms with van der Waals surface area (Å²) in [6.07, 6.45) is 1.85. The van der Waals surface area contributed by atoms with Crippen LogP contribution >= 0.6 is 0 Å². The molecule has 0 heterocycles. The molecule has 0 amide bonds. The Morgan fingerprint density at radius 2 is 1.88 bits per heavy atom. The molecule has 1 atom stereocenters. The fourth-order valence-electron chi connectivity index (χ4n) is 1.42. The molecule has 0 aliphatic carbocycles. The zero-order chi connectivity index (χ0) is 12.2. The van der Waals surface area contributed by atoms with E-state index in [2.05, 4.69) is 6.58 Å². The monoisotopic (exact) mass is 220 g/mol. The van der Waals surface area contributed by atoms with Crippen molar-refractivity contribution in [3.63, 3.8) is 0 Å². The number of rotatable bonds is 5. The number of aliphatic hydroxyl groups is 1. The van der Waals surface area contributed by atoms with E-state index in [0.29, 0.717) is 6.42 Å². The second-order valence-corrected chi connectivity index (χ2v) is 4.08. The number of aliphatic hydroxyl groups excluding tert-OH is 1. The summed E-state index contributed by atoms with van der Waals surface area (Å²) in [6, 6.07) is 7.24. The van der Waals surface area contributed by atoms with Crippen LogP contribution in [0.5, 0.6) is 0 Å². The second kappa shape index (κ2) is 4.94. The van der Waals surface area contributed by atoms with Crippen molar-refractivity contribution in [2.45, 2.75) is 20.0 Å². The summed E-state index contributed by atoms with van der Waals surface area (Å²) >= 11 is 0. The number of carboxylic acid groups (broad SMARTS) is 1. The molecule has 2 N–H and O–H groups in total. The largest absolute Gasteiger partial charge is 0.481 e. The average Bonchev–Trinajstić information content (AvgIpc) is 2.29. The summed E-state index contributed by atoms with van der Waals surface area (Å²) in [4.78, 5) is 11.1. The highest BCUT2D eigenvalue weighted by molar-refractivity contribution is 5.76. The molecule has 0 bridgehead atoms. The molecule has 3 nitrogen and oxygen atoms in total. The number of hydrogen-bond acceptors (Lipinski definition) is 2. The van der Waals surface area contributed by atoms with Gasteiger partial charge in [-0.2, -0.15) is 0 Å². The van der Waals surface area contributed by atoms with Crippen LogP contribution in [0.1, 0.15) is 18.1 Å². The minimum Gasteiger partial charge on any atom is -0.481 e. The minimum absolute atomic E-state index is 0.00205. The highest BCUT2D eigenvalue weighted by Gasteiger charge is 2.29. The third-order valence-electron chi connectivity index (χ3n) is 2.72. The standard InChI is InChI=1S/C13H16O3/c1-3-13(2,12(15)16)8-10-4-6-11(9-14)7-5-10/h3-7,14H,1,8-9H2,2H3,(H,15,16). The van der Waals surface area contributed by atoms with Crippen LogP contribution in [0.2, 0.25) is 0 Å². The fourth-order valence-corrected chi connectivity index (χ4v) is 1.42. The Balaban J connectivity index is 2.86. The van der Waals surface area contributed by atoms with Crippen molar-refractivity contribution in [3.05, 3.63) is 48.0 Å². The van der Waals surface area contributed by atoms with E-state index in [1.54, 1.807) is 19.1 Å². The molecule has 1 aromatic carbocycles. The Hall–Kier alpha value is -1.61. The lowest BCUT2D eigenvalue weighted by Gasteiger charge is -2.20. The summed E-state index contributed by atoms with van der Waals surface area (Å²) in [5.74, 6) is -0.881. The lowest BCUT2D eigenvalue weighted by atomic mass is 9.84. The van der Waals surface area contributed by atoms with Crippen LogP contribution in [-0.4, -0.2) is 16.2 Å². The Morgan fingerprint density at radius 1 is 1.38 bits per heavy atom. The Kier molecular flexibility index (Phi) is 3.85. The highest BCUT2D eigenvalue weighted by Crippen LogP contribution is 2.24. The van der Waals surface area contributed by atoms with Gasteiger partial charge in [0.25, 0.3) is 0 Å². The van der Waals surface area contributed by atoms with E-state index in [9.17, 15) is 4.79 Å². The average molecular weight is 220 g/mol. The van der Waals surface area contributed by atoms with E-state index in [-0.39, 0.29) is 6.61 Å².